The number of likely N-dealkylation sites (tertiary alicyclic amines) is 2. The number of amides is 1. The average Bonchev–Trinajstić information content (AvgIpc) is 3.20. The summed E-state index contributed by atoms with van der Waals surface area (Å²) in [5, 5.41) is 14.6. The van der Waals surface area contributed by atoms with Crippen LogP contribution in [0.3, 0.4) is 0 Å². The fourth-order valence-electron chi connectivity index (χ4n) is 3.41. The second kappa shape index (κ2) is 8.04. The summed E-state index contributed by atoms with van der Waals surface area (Å²) in [6.07, 6.45) is 4.94. The summed E-state index contributed by atoms with van der Waals surface area (Å²) in [4.78, 5) is 32.1. The molecule has 3 heterocycles. The zero-order valence-corrected chi connectivity index (χ0v) is 14.6. The summed E-state index contributed by atoms with van der Waals surface area (Å²) in [6.45, 7) is 3.83. The van der Waals surface area contributed by atoms with E-state index in [1.54, 1.807) is 4.90 Å². The molecule has 132 valence electrons. The van der Waals surface area contributed by atoms with Crippen molar-refractivity contribution in [1.82, 2.24) is 14.8 Å². The number of rotatable bonds is 6. The molecule has 7 nitrogen and oxygen atoms in total. The first-order valence-corrected chi connectivity index (χ1v) is 9.43. The van der Waals surface area contributed by atoms with Gasteiger partial charge >= 0.3 is 5.97 Å². The Hall–Kier alpha value is -1.51. The van der Waals surface area contributed by atoms with Gasteiger partial charge in [0.2, 0.25) is 5.91 Å². The van der Waals surface area contributed by atoms with E-state index in [0.717, 1.165) is 38.2 Å². The Kier molecular flexibility index (Phi) is 5.80. The van der Waals surface area contributed by atoms with Gasteiger partial charge in [0.05, 0.1) is 12.2 Å². The highest BCUT2D eigenvalue weighted by molar-refractivity contribution is 7.13. The SMILES string of the molecule is O=C(CN1CCCCC1C(=O)O)Nc1nc(CN2CCCC2)cs1. The first-order valence-electron chi connectivity index (χ1n) is 8.55. The molecule has 8 heteroatoms. The van der Waals surface area contributed by atoms with Crippen molar-refractivity contribution in [1.29, 1.82) is 0 Å². The highest BCUT2D eigenvalue weighted by atomic mass is 32.1. The normalized spacial score (nSPS) is 22.6. The van der Waals surface area contributed by atoms with Crippen LogP contribution in [0.15, 0.2) is 5.38 Å². The van der Waals surface area contributed by atoms with Crippen molar-refractivity contribution < 1.29 is 14.7 Å². The van der Waals surface area contributed by atoms with Crippen LogP contribution < -0.4 is 5.32 Å². The van der Waals surface area contributed by atoms with Gasteiger partial charge in [-0.05, 0) is 45.3 Å². The third-order valence-corrected chi connectivity index (χ3v) is 5.43. The number of anilines is 1. The molecule has 1 aromatic rings. The zero-order valence-electron chi connectivity index (χ0n) is 13.7. The number of carbonyl (C=O) groups is 2. The summed E-state index contributed by atoms with van der Waals surface area (Å²) in [7, 11) is 0. The van der Waals surface area contributed by atoms with Gasteiger partial charge in [0.25, 0.3) is 0 Å². The van der Waals surface area contributed by atoms with Crippen molar-refractivity contribution in [3.63, 3.8) is 0 Å². The Morgan fingerprint density at radius 1 is 1.25 bits per heavy atom. The van der Waals surface area contributed by atoms with Gasteiger partial charge in [-0.3, -0.25) is 19.4 Å². The van der Waals surface area contributed by atoms with E-state index in [-0.39, 0.29) is 12.5 Å². The Labute approximate surface area is 145 Å². The number of aromatic nitrogens is 1. The molecule has 2 fully saturated rings. The third kappa shape index (κ3) is 4.52. The number of nitrogens with one attached hydrogen (secondary N) is 1. The van der Waals surface area contributed by atoms with Gasteiger partial charge in [-0.2, -0.15) is 0 Å². The Morgan fingerprint density at radius 2 is 2.00 bits per heavy atom. The molecule has 0 spiro atoms. The van der Waals surface area contributed by atoms with Crippen LogP contribution in [0.4, 0.5) is 5.13 Å². The number of piperidine rings is 1. The highest BCUT2D eigenvalue weighted by Crippen LogP contribution is 2.20. The predicted molar refractivity (Wildman–Crippen MR) is 92.1 cm³/mol. The molecule has 0 bridgehead atoms. The van der Waals surface area contributed by atoms with E-state index in [1.807, 2.05) is 5.38 Å². The highest BCUT2D eigenvalue weighted by Gasteiger charge is 2.29. The van der Waals surface area contributed by atoms with Gasteiger partial charge in [0, 0.05) is 11.9 Å². The van der Waals surface area contributed by atoms with Crippen LogP contribution in [-0.4, -0.2) is 64.0 Å². The van der Waals surface area contributed by atoms with Crippen LogP contribution in [0.1, 0.15) is 37.8 Å². The molecule has 0 radical (unpaired) electrons. The number of nitrogens with zero attached hydrogens (tertiary/aromatic N) is 3. The largest absolute Gasteiger partial charge is 0.480 e. The van der Waals surface area contributed by atoms with Gasteiger partial charge in [0.1, 0.15) is 6.04 Å². The number of thiazole rings is 1. The maximum atomic E-state index is 12.2. The average molecular weight is 352 g/mol. The quantitative estimate of drug-likeness (QED) is 0.809. The first kappa shape index (κ1) is 17.3. The van der Waals surface area contributed by atoms with Crippen molar-refractivity contribution in [3.8, 4) is 0 Å². The Bertz CT molecular complexity index is 586. The molecule has 0 saturated carbocycles. The monoisotopic (exact) mass is 352 g/mol. The van der Waals surface area contributed by atoms with Crippen LogP contribution in [-0.2, 0) is 16.1 Å². The number of carboxylic acid groups (broad SMARTS) is 1. The van der Waals surface area contributed by atoms with Crippen molar-refractivity contribution >= 4 is 28.3 Å². The maximum absolute atomic E-state index is 12.2. The van der Waals surface area contributed by atoms with E-state index in [4.69, 9.17) is 0 Å². The number of hydrogen-bond acceptors (Lipinski definition) is 6. The van der Waals surface area contributed by atoms with Crippen molar-refractivity contribution in [2.24, 2.45) is 0 Å². The number of carbonyl (C=O) groups excluding carboxylic acids is 1. The molecule has 0 aromatic carbocycles. The molecule has 2 N–H and O–H groups in total. The smallest absolute Gasteiger partial charge is 0.320 e. The van der Waals surface area contributed by atoms with Crippen LogP contribution >= 0.6 is 11.3 Å². The second-order valence-corrected chi connectivity index (χ2v) is 7.35. The minimum Gasteiger partial charge on any atom is -0.480 e. The predicted octanol–water partition coefficient (Wildman–Crippen LogP) is 1.62. The molecule has 1 unspecified atom stereocenters. The summed E-state index contributed by atoms with van der Waals surface area (Å²) < 4.78 is 0. The Morgan fingerprint density at radius 3 is 2.75 bits per heavy atom. The standard InChI is InChI=1S/C16H24N4O3S/c21-14(10-20-8-2-1-5-13(20)15(22)23)18-16-17-12(11-24-16)9-19-6-3-4-7-19/h11,13H,1-10H2,(H,22,23)(H,17,18,21). The Balaban J connectivity index is 1.51. The van der Waals surface area contributed by atoms with E-state index >= 15 is 0 Å². The molecular formula is C16H24N4O3S. The van der Waals surface area contributed by atoms with Gasteiger partial charge in [-0.15, -0.1) is 11.3 Å². The van der Waals surface area contributed by atoms with Gasteiger partial charge in [-0.1, -0.05) is 6.42 Å². The lowest BCUT2D eigenvalue weighted by Gasteiger charge is -2.31. The summed E-state index contributed by atoms with van der Waals surface area (Å²) in [5.74, 6) is -1.03. The molecule has 1 amide bonds. The van der Waals surface area contributed by atoms with Crippen molar-refractivity contribution in [2.45, 2.75) is 44.7 Å². The summed E-state index contributed by atoms with van der Waals surface area (Å²) >= 11 is 1.43. The molecule has 2 saturated heterocycles. The summed E-state index contributed by atoms with van der Waals surface area (Å²) in [6, 6.07) is -0.550. The lowest BCUT2D eigenvalue weighted by molar-refractivity contribution is -0.145. The van der Waals surface area contributed by atoms with Crippen molar-refractivity contribution in [2.75, 3.05) is 31.5 Å². The van der Waals surface area contributed by atoms with Gasteiger partial charge in [-0.25, -0.2) is 4.98 Å². The third-order valence-electron chi connectivity index (χ3n) is 4.63. The molecule has 0 aliphatic carbocycles. The van der Waals surface area contributed by atoms with Crippen LogP contribution in [0.25, 0.3) is 0 Å². The van der Waals surface area contributed by atoms with Crippen LogP contribution in [0, 0.1) is 0 Å². The first-order chi connectivity index (χ1) is 11.6. The summed E-state index contributed by atoms with van der Waals surface area (Å²) in [5.41, 5.74) is 0.985. The maximum Gasteiger partial charge on any atom is 0.320 e. The molecule has 24 heavy (non-hydrogen) atoms. The lowest BCUT2D eigenvalue weighted by Crippen LogP contribution is -2.47. The van der Waals surface area contributed by atoms with E-state index in [0.29, 0.717) is 18.1 Å². The van der Waals surface area contributed by atoms with Gasteiger partial charge < -0.3 is 10.4 Å². The number of hydrogen-bond donors (Lipinski definition) is 2. The molecular weight excluding hydrogens is 328 g/mol. The minimum absolute atomic E-state index is 0.109. The molecule has 3 rings (SSSR count). The molecule has 2 aliphatic heterocycles. The van der Waals surface area contributed by atoms with E-state index in [9.17, 15) is 14.7 Å². The fourth-order valence-corrected chi connectivity index (χ4v) is 4.13. The second-order valence-electron chi connectivity index (χ2n) is 6.50. The molecule has 1 atom stereocenters. The zero-order chi connectivity index (χ0) is 16.9. The van der Waals surface area contributed by atoms with Crippen molar-refractivity contribution in [3.05, 3.63) is 11.1 Å². The lowest BCUT2D eigenvalue weighted by atomic mass is 10.0. The van der Waals surface area contributed by atoms with E-state index in [1.165, 1.54) is 24.2 Å². The van der Waals surface area contributed by atoms with E-state index < -0.39 is 12.0 Å². The number of carboxylic acids is 1. The van der Waals surface area contributed by atoms with Crippen LogP contribution in [0.2, 0.25) is 0 Å². The van der Waals surface area contributed by atoms with Crippen LogP contribution in [0.5, 0.6) is 0 Å². The number of aliphatic carboxylic acids is 1. The van der Waals surface area contributed by atoms with Gasteiger partial charge in [0.15, 0.2) is 5.13 Å². The molecule has 2 aliphatic rings. The minimum atomic E-state index is -0.843. The van der Waals surface area contributed by atoms with E-state index in [2.05, 4.69) is 15.2 Å². The fraction of sp³-hybridized carbons (Fsp3) is 0.688. The molecule has 1 aromatic heterocycles. The topological polar surface area (TPSA) is 85.8 Å².